The van der Waals surface area contributed by atoms with Gasteiger partial charge in [-0.3, -0.25) is 9.59 Å². The Labute approximate surface area is 169 Å². The fraction of sp³-hybridized carbons (Fsp3) is 0.0500. The molecule has 0 saturated heterocycles. The number of halogens is 2. The molecule has 1 atom stereocenters. The zero-order valence-electron chi connectivity index (χ0n) is 14.5. The van der Waals surface area contributed by atoms with Crippen molar-refractivity contribution in [1.82, 2.24) is 15.1 Å². The van der Waals surface area contributed by atoms with E-state index in [0.29, 0.717) is 11.1 Å². The van der Waals surface area contributed by atoms with Crippen LogP contribution in [0, 0.1) is 5.82 Å². The van der Waals surface area contributed by atoms with Crippen molar-refractivity contribution in [3.05, 3.63) is 88.4 Å². The fourth-order valence-corrected chi connectivity index (χ4v) is 2.86. The van der Waals surface area contributed by atoms with Crippen molar-refractivity contribution in [2.45, 2.75) is 6.04 Å². The van der Waals surface area contributed by atoms with Gasteiger partial charge in [-0.2, -0.15) is 5.10 Å². The van der Waals surface area contributed by atoms with Gasteiger partial charge in [-0.25, -0.2) is 9.07 Å². The van der Waals surface area contributed by atoms with Crippen LogP contribution in [-0.2, 0) is 9.59 Å². The molecule has 0 aliphatic rings. The van der Waals surface area contributed by atoms with E-state index >= 15 is 0 Å². The van der Waals surface area contributed by atoms with Crippen LogP contribution in [0.15, 0.2) is 71.5 Å². The van der Waals surface area contributed by atoms with E-state index in [-0.39, 0.29) is 5.69 Å². The van der Waals surface area contributed by atoms with Gasteiger partial charge in [0, 0.05) is 12.3 Å². The molecule has 0 aliphatic heterocycles. The predicted octanol–water partition coefficient (Wildman–Crippen LogP) is 3.13. The quantitative estimate of drug-likeness (QED) is 0.574. The van der Waals surface area contributed by atoms with E-state index in [4.69, 9.17) is 5.73 Å². The first kappa shape index (κ1) is 19.5. The monoisotopic (exact) mass is 442 g/mol. The molecule has 3 N–H and O–H groups in total. The zero-order valence-corrected chi connectivity index (χ0v) is 16.1. The van der Waals surface area contributed by atoms with E-state index in [9.17, 15) is 14.0 Å². The lowest BCUT2D eigenvalue weighted by molar-refractivity contribution is -0.125. The van der Waals surface area contributed by atoms with Gasteiger partial charge in [-0.1, -0.05) is 36.4 Å². The number of hydrogen-bond acceptors (Lipinski definition) is 3. The molecule has 3 rings (SSSR count). The SMILES string of the molecule is NC(=O)C(NC(=O)/C=C/c1ccc(-n2cc(Br)cn2)c(F)c1)c1ccccc1. The van der Waals surface area contributed by atoms with Gasteiger partial charge in [0.15, 0.2) is 0 Å². The molecule has 6 nitrogen and oxygen atoms in total. The molecule has 0 fully saturated rings. The molecule has 0 aliphatic carbocycles. The summed E-state index contributed by atoms with van der Waals surface area (Å²) < 4.78 is 16.5. The smallest absolute Gasteiger partial charge is 0.244 e. The summed E-state index contributed by atoms with van der Waals surface area (Å²) in [5.74, 6) is -1.68. The first-order chi connectivity index (χ1) is 13.4. The molecule has 0 bridgehead atoms. The number of nitrogens with zero attached hydrogens (tertiary/aromatic N) is 2. The van der Waals surface area contributed by atoms with E-state index < -0.39 is 23.7 Å². The van der Waals surface area contributed by atoms with Gasteiger partial charge in [-0.15, -0.1) is 0 Å². The second-order valence-corrected chi connectivity index (χ2v) is 6.82. The van der Waals surface area contributed by atoms with Crippen LogP contribution in [0.3, 0.4) is 0 Å². The first-order valence-corrected chi connectivity index (χ1v) is 9.06. The van der Waals surface area contributed by atoms with Crippen LogP contribution in [0.1, 0.15) is 17.2 Å². The Hall–Kier alpha value is -3.26. The maximum absolute atomic E-state index is 14.3. The second-order valence-electron chi connectivity index (χ2n) is 5.90. The summed E-state index contributed by atoms with van der Waals surface area (Å²) in [5, 5.41) is 6.58. The number of primary amides is 1. The molecule has 2 amide bonds. The molecular formula is C20H16BrFN4O2. The molecule has 1 heterocycles. The summed E-state index contributed by atoms with van der Waals surface area (Å²) in [7, 11) is 0. The highest BCUT2D eigenvalue weighted by Gasteiger charge is 2.18. The van der Waals surface area contributed by atoms with Gasteiger partial charge >= 0.3 is 0 Å². The minimum absolute atomic E-state index is 0.283. The third kappa shape index (κ3) is 4.72. The van der Waals surface area contributed by atoms with Crippen molar-refractivity contribution in [2.24, 2.45) is 5.73 Å². The number of nitrogens with two attached hydrogens (primary N) is 1. The van der Waals surface area contributed by atoms with Gasteiger partial charge in [-0.05, 0) is 45.3 Å². The maximum Gasteiger partial charge on any atom is 0.244 e. The zero-order chi connectivity index (χ0) is 20.1. The minimum atomic E-state index is -0.948. The lowest BCUT2D eigenvalue weighted by Crippen LogP contribution is -2.36. The molecule has 2 aromatic carbocycles. The molecule has 1 unspecified atom stereocenters. The van der Waals surface area contributed by atoms with Gasteiger partial charge in [0.05, 0.1) is 10.7 Å². The van der Waals surface area contributed by atoms with E-state index in [1.165, 1.54) is 22.9 Å². The molecule has 8 heteroatoms. The molecule has 3 aromatic rings. The third-order valence-electron chi connectivity index (χ3n) is 3.90. The van der Waals surface area contributed by atoms with E-state index in [1.54, 1.807) is 54.9 Å². The van der Waals surface area contributed by atoms with Gasteiger partial charge in [0.2, 0.25) is 11.8 Å². The highest BCUT2D eigenvalue weighted by atomic mass is 79.9. The van der Waals surface area contributed by atoms with Crippen molar-refractivity contribution < 1.29 is 14.0 Å². The minimum Gasteiger partial charge on any atom is -0.368 e. The topological polar surface area (TPSA) is 90.0 Å². The van der Waals surface area contributed by atoms with Crippen LogP contribution in [0.5, 0.6) is 0 Å². The lowest BCUT2D eigenvalue weighted by atomic mass is 10.1. The molecule has 0 spiro atoms. The Morgan fingerprint density at radius 2 is 1.96 bits per heavy atom. The molecule has 142 valence electrons. The number of rotatable bonds is 6. The number of amides is 2. The van der Waals surface area contributed by atoms with E-state index in [2.05, 4.69) is 26.3 Å². The largest absolute Gasteiger partial charge is 0.368 e. The molecule has 28 heavy (non-hydrogen) atoms. The van der Waals surface area contributed by atoms with Crippen LogP contribution in [0.25, 0.3) is 11.8 Å². The highest BCUT2D eigenvalue weighted by molar-refractivity contribution is 9.10. The Bertz CT molecular complexity index is 1030. The van der Waals surface area contributed by atoms with Crippen LogP contribution >= 0.6 is 15.9 Å². The van der Waals surface area contributed by atoms with Crippen molar-refractivity contribution in [3.63, 3.8) is 0 Å². The number of carbonyl (C=O) groups excluding carboxylic acids is 2. The summed E-state index contributed by atoms with van der Waals surface area (Å²) >= 11 is 3.26. The molecule has 0 radical (unpaired) electrons. The maximum atomic E-state index is 14.3. The Balaban J connectivity index is 1.71. The van der Waals surface area contributed by atoms with Crippen molar-refractivity contribution in [2.75, 3.05) is 0 Å². The average molecular weight is 443 g/mol. The number of carbonyl (C=O) groups is 2. The summed E-state index contributed by atoms with van der Waals surface area (Å²) in [4.78, 5) is 23.8. The van der Waals surface area contributed by atoms with Crippen molar-refractivity contribution in [3.8, 4) is 5.69 Å². The highest BCUT2D eigenvalue weighted by Crippen LogP contribution is 2.18. The van der Waals surface area contributed by atoms with Gasteiger partial charge in [0.25, 0.3) is 0 Å². The van der Waals surface area contributed by atoms with Crippen LogP contribution in [-0.4, -0.2) is 21.6 Å². The molecule has 0 saturated carbocycles. The van der Waals surface area contributed by atoms with E-state index in [0.717, 1.165) is 4.47 Å². The first-order valence-electron chi connectivity index (χ1n) is 8.27. The standard InChI is InChI=1S/C20H16BrFN4O2/c21-15-11-24-26(12-15)17-8-6-13(10-16(17)22)7-9-18(27)25-19(20(23)28)14-4-2-1-3-5-14/h1-12,19H,(H2,23,28)(H,25,27)/b9-7+. The average Bonchev–Trinajstić information content (AvgIpc) is 3.11. The third-order valence-corrected chi connectivity index (χ3v) is 4.31. The number of aromatic nitrogens is 2. The second kappa shape index (κ2) is 8.62. The number of nitrogens with one attached hydrogen (secondary N) is 1. The Morgan fingerprint density at radius 3 is 2.57 bits per heavy atom. The Kier molecular flexibility index (Phi) is 6.00. The summed E-state index contributed by atoms with van der Waals surface area (Å²) in [6, 6.07) is 12.2. The van der Waals surface area contributed by atoms with Crippen LogP contribution < -0.4 is 11.1 Å². The fourth-order valence-electron chi connectivity index (χ4n) is 2.57. The van der Waals surface area contributed by atoms with Gasteiger partial charge in [0.1, 0.15) is 17.5 Å². The Morgan fingerprint density at radius 1 is 1.21 bits per heavy atom. The van der Waals surface area contributed by atoms with E-state index in [1.807, 2.05) is 0 Å². The van der Waals surface area contributed by atoms with Crippen molar-refractivity contribution in [1.29, 1.82) is 0 Å². The van der Waals surface area contributed by atoms with Crippen molar-refractivity contribution >= 4 is 33.8 Å². The van der Waals surface area contributed by atoms with Crippen LogP contribution in [0.2, 0.25) is 0 Å². The van der Waals surface area contributed by atoms with Gasteiger partial charge < -0.3 is 11.1 Å². The summed E-state index contributed by atoms with van der Waals surface area (Å²) in [6.07, 6.45) is 5.86. The summed E-state index contributed by atoms with van der Waals surface area (Å²) in [5.41, 5.74) is 6.73. The number of benzene rings is 2. The number of hydrogen-bond donors (Lipinski definition) is 2. The lowest BCUT2D eigenvalue weighted by Gasteiger charge is -2.14. The summed E-state index contributed by atoms with van der Waals surface area (Å²) in [6.45, 7) is 0. The molecular weight excluding hydrogens is 427 g/mol. The normalized spacial score (nSPS) is 12.1. The van der Waals surface area contributed by atoms with Crippen LogP contribution in [0.4, 0.5) is 4.39 Å². The predicted molar refractivity (Wildman–Crippen MR) is 107 cm³/mol. The molecule has 1 aromatic heterocycles.